The summed E-state index contributed by atoms with van der Waals surface area (Å²) in [6.07, 6.45) is 8.06. The molecule has 9 aromatic rings. The summed E-state index contributed by atoms with van der Waals surface area (Å²) in [6, 6.07) is 84.7. The van der Waals surface area contributed by atoms with Crippen LogP contribution in [0.4, 0.5) is 34.1 Å². The Hall–Kier alpha value is -8.20. The van der Waals surface area contributed by atoms with Gasteiger partial charge >= 0.3 is 0 Å². The lowest BCUT2D eigenvalue weighted by Crippen LogP contribution is -2.10. The molecule has 0 bridgehead atoms. The van der Waals surface area contributed by atoms with E-state index in [1.54, 1.807) is 0 Å². The summed E-state index contributed by atoms with van der Waals surface area (Å²) in [5, 5.41) is 0. The minimum atomic E-state index is 1.08. The Morgan fingerprint density at radius 1 is 0.317 bits per heavy atom. The highest BCUT2D eigenvalue weighted by Crippen LogP contribution is 2.40. The smallest absolute Gasteiger partial charge is 0.0462 e. The van der Waals surface area contributed by atoms with Gasteiger partial charge in [0, 0.05) is 34.1 Å². The maximum absolute atomic E-state index is 3.93. The third-order valence-corrected chi connectivity index (χ3v) is 11.4. The van der Waals surface area contributed by atoms with Crippen molar-refractivity contribution in [2.45, 2.75) is 6.92 Å². The van der Waals surface area contributed by atoms with E-state index >= 15 is 0 Å². The van der Waals surface area contributed by atoms with Crippen molar-refractivity contribution in [3.8, 4) is 44.5 Å². The van der Waals surface area contributed by atoms with Crippen molar-refractivity contribution in [1.82, 2.24) is 0 Å². The molecule has 2 nitrogen and oxygen atoms in total. The molecule has 0 saturated carbocycles. The fourth-order valence-corrected chi connectivity index (χ4v) is 8.16. The summed E-state index contributed by atoms with van der Waals surface area (Å²) in [7, 11) is 0. The zero-order valence-electron chi connectivity index (χ0n) is 35.4. The lowest BCUT2D eigenvalue weighted by molar-refractivity contribution is 1.28. The van der Waals surface area contributed by atoms with Gasteiger partial charge in [-0.25, -0.2) is 0 Å². The zero-order chi connectivity index (χ0) is 42.8. The van der Waals surface area contributed by atoms with Crippen LogP contribution in [0.3, 0.4) is 0 Å². The van der Waals surface area contributed by atoms with Crippen molar-refractivity contribution in [2.24, 2.45) is 0 Å². The summed E-state index contributed by atoms with van der Waals surface area (Å²) in [5.41, 5.74) is 18.3. The molecule has 302 valence electrons. The van der Waals surface area contributed by atoms with Gasteiger partial charge in [0.05, 0.1) is 0 Å². The number of hydrogen-bond acceptors (Lipinski definition) is 2. The average molecular weight is 809 g/mol. The predicted octanol–water partition coefficient (Wildman–Crippen LogP) is 17.4. The van der Waals surface area contributed by atoms with E-state index in [0.717, 1.165) is 56.4 Å². The first-order valence-corrected chi connectivity index (χ1v) is 21.5. The van der Waals surface area contributed by atoms with E-state index in [4.69, 9.17) is 0 Å². The van der Waals surface area contributed by atoms with Crippen LogP contribution in [-0.4, -0.2) is 0 Å². The molecule has 9 rings (SSSR count). The highest BCUT2D eigenvalue weighted by molar-refractivity contribution is 5.84. The highest BCUT2D eigenvalue weighted by atomic mass is 15.1. The van der Waals surface area contributed by atoms with Crippen LogP contribution in [0.25, 0.3) is 50.1 Å². The monoisotopic (exact) mass is 808 g/mol. The molecule has 0 saturated heterocycles. The first-order chi connectivity index (χ1) is 31.1. The van der Waals surface area contributed by atoms with Crippen LogP contribution < -0.4 is 9.80 Å². The van der Waals surface area contributed by atoms with Crippen molar-refractivity contribution in [3.05, 3.63) is 273 Å². The minimum absolute atomic E-state index is 1.08. The van der Waals surface area contributed by atoms with Crippen LogP contribution in [0.2, 0.25) is 0 Å². The van der Waals surface area contributed by atoms with Gasteiger partial charge in [0.15, 0.2) is 0 Å². The average Bonchev–Trinajstić information content (AvgIpc) is 3.36. The molecular formula is C61H48N2. The van der Waals surface area contributed by atoms with E-state index in [1.165, 1.54) is 33.4 Å². The topological polar surface area (TPSA) is 6.48 Å². The summed E-state index contributed by atoms with van der Waals surface area (Å²) in [5.74, 6) is 0. The van der Waals surface area contributed by atoms with Crippen molar-refractivity contribution in [3.63, 3.8) is 0 Å². The molecule has 0 aliphatic heterocycles. The Morgan fingerprint density at radius 3 is 0.794 bits per heavy atom. The van der Waals surface area contributed by atoms with Gasteiger partial charge in [-0.3, -0.25) is 0 Å². The Bertz CT molecular complexity index is 2850. The van der Waals surface area contributed by atoms with Gasteiger partial charge in [0.25, 0.3) is 0 Å². The van der Waals surface area contributed by atoms with Crippen molar-refractivity contribution < 1.29 is 0 Å². The first kappa shape index (κ1) is 40.2. The number of hydrogen-bond donors (Lipinski definition) is 0. The quantitative estimate of drug-likeness (QED) is 0.107. The fraction of sp³-hybridized carbons (Fsp3) is 0.0164. The SMILES string of the molecule is C=C/C=C(\C=C/C)c1ccc(N(c2ccc(-c3ccccc3)cc2)c2ccc(-c3ccc(N(c4ccc(-c5ccccc5)cc4)c4ccc(-c5ccccc5)cc4)cc3)cc2)cc1. The zero-order valence-corrected chi connectivity index (χ0v) is 35.4. The number of nitrogens with zero attached hydrogens (tertiary/aromatic N) is 2. The standard InChI is InChI=1S/C61H48N2/c1-3-14-46(15-4-2)50-22-34-56(35-23-50)62(57-36-24-51(25-37-57)47-16-8-5-9-17-47)60-42-30-54(31-43-60)55-32-44-61(45-33-55)63(58-38-26-52(27-39-58)48-18-10-6-11-19-48)59-40-28-53(29-41-59)49-20-12-7-13-21-49/h3-45H,1H2,2H3/b15-4-,46-14+. The largest absolute Gasteiger partial charge is 0.311 e. The van der Waals surface area contributed by atoms with E-state index in [-0.39, 0.29) is 0 Å². The van der Waals surface area contributed by atoms with Crippen molar-refractivity contribution >= 4 is 39.7 Å². The van der Waals surface area contributed by atoms with Gasteiger partial charge < -0.3 is 9.80 Å². The molecule has 0 radical (unpaired) electrons. The highest BCUT2D eigenvalue weighted by Gasteiger charge is 2.16. The Morgan fingerprint density at radius 2 is 0.556 bits per heavy atom. The van der Waals surface area contributed by atoms with Crippen LogP contribution in [0, 0.1) is 0 Å². The van der Waals surface area contributed by atoms with E-state index in [1.807, 2.05) is 19.1 Å². The Labute approximate surface area is 372 Å². The molecule has 63 heavy (non-hydrogen) atoms. The number of anilines is 6. The van der Waals surface area contributed by atoms with Gasteiger partial charge in [-0.15, -0.1) is 0 Å². The van der Waals surface area contributed by atoms with Gasteiger partial charge in [-0.05, 0) is 135 Å². The van der Waals surface area contributed by atoms with E-state index in [9.17, 15) is 0 Å². The molecule has 2 heteroatoms. The minimum Gasteiger partial charge on any atom is -0.311 e. The van der Waals surface area contributed by atoms with E-state index in [2.05, 4.69) is 265 Å². The third kappa shape index (κ3) is 9.12. The molecular weight excluding hydrogens is 761 g/mol. The fourth-order valence-electron chi connectivity index (χ4n) is 8.16. The molecule has 0 aromatic heterocycles. The summed E-state index contributed by atoms with van der Waals surface area (Å²) < 4.78 is 0. The molecule has 0 spiro atoms. The Kier molecular flexibility index (Phi) is 12.1. The predicted molar refractivity (Wildman–Crippen MR) is 271 cm³/mol. The van der Waals surface area contributed by atoms with Gasteiger partial charge in [0.1, 0.15) is 0 Å². The van der Waals surface area contributed by atoms with Gasteiger partial charge in [0.2, 0.25) is 0 Å². The molecule has 9 aromatic carbocycles. The van der Waals surface area contributed by atoms with Crippen LogP contribution in [-0.2, 0) is 0 Å². The van der Waals surface area contributed by atoms with Crippen molar-refractivity contribution in [1.29, 1.82) is 0 Å². The maximum atomic E-state index is 3.93. The number of rotatable bonds is 13. The third-order valence-electron chi connectivity index (χ3n) is 11.4. The van der Waals surface area contributed by atoms with Gasteiger partial charge in [-0.2, -0.15) is 0 Å². The second-order valence-electron chi connectivity index (χ2n) is 15.4. The van der Waals surface area contributed by atoms with Crippen LogP contribution in [0.1, 0.15) is 12.5 Å². The second kappa shape index (κ2) is 19.0. The lowest BCUT2D eigenvalue weighted by Gasteiger charge is -2.27. The van der Waals surface area contributed by atoms with Crippen LogP contribution >= 0.6 is 0 Å². The Balaban J connectivity index is 1.03. The molecule has 0 unspecified atom stereocenters. The number of benzene rings is 9. The normalized spacial score (nSPS) is 11.3. The molecule has 0 fully saturated rings. The molecule has 0 atom stereocenters. The summed E-state index contributed by atoms with van der Waals surface area (Å²) in [4.78, 5) is 4.65. The summed E-state index contributed by atoms with van der Waals surface area (Å²) >= 11 is 0. The molecule has 0 heterocycles. The lowest BCUT2D eigenvalue weighted by atomic mass is 10.0. The van der Waals surface area contributed by atoms with Crippen molar-refractivity contribution in [2.75, 3.05) is 9.80 Å². The molecule has 0 aliphatic carbocycles. The number of allylic oxidation sites excluding steroid dienone is 5. The molecule has 0 amide bonds. The van der Waals surface area contributed by atoms with Crippen LogP contribution in [0.15, 0.2) is 267 Å². The first-order valence-electron chi connectivity index (χ1n) is 21.5. The molecule has 0 aliphatic rings. The van der Waals surface area contributed by atoms with Gasteiger partial charge in [-0.1, -0.05) is 195 Å². The maximum Gasteiger partial charge on any atom is 0.0462 e. The molecule has 0 N–H and O–H groups in total. The van der Waals surface area contributed by atoms with Crippen LogP contribution in [0.5, 0.6) is 0 Å². The summed E-state index contributed by atoms with van der Waals surface area (Å²) in [6.45, 7) is 5.97. The second-order valence-corrected chi connectivity index (χ2v) is 15.4. The van der Waals surface area contributed by atoms with E-state index in [0.29, 0.717) is 0 Å². The van der Waals surface area contributed by atoms with E-state index < -0.39 is 0 Å².